The van der Waals surface area contributed by atoms with Crippen LogP contribution < -0.4 is 4.74 Å². The van der Waals surface area contributed by atoms with E-state index in [-0.39, 0.29) is 5.92 Å². The number of halogens is 2. The average Bonchev–Trinajstić information content (AvgIpc) is 3.47. The third-order valence-electron chi connectivity index (χ3n) is 7.17. The molecule has 1 aliphatic heterocycles. The maximum absolute atomic E-state index is 12.3. The van der Waals surface area contributed by atoms with Crippen molar-refractivity contribution >= 4 is 27.5 Å². The molecule has 2 heterocycles. The summed E-state index contributed by atoms with van der Waals surface area (Å²) >= 11 is 9.70. The Balaban J connectivity index is 1.70. The van der Waals surface area contributed by atoms with Gasteiger partial charge in [0.05, 0.1) is 11.1 Å². The van der Waals surface area contributed by atoms with Crippen molar-refractivity contribution in [2.24, 2.45) is 5.41 Å². The SMILES string of the molecule is OC1C2(CC2)C(c2ccccc2)C2(c3ccc(Br)cc3)Oc3cc(Cl)cnc3C12O. The number of nitrogens with zero attached hydrogens (tertiary/aromatic N) is 1. The first-order valence-electron chi connectivity index (χ1n) is 10.00. The number of hydrogen-bond donors (Lipinski definition) is 2. The molecule has 4 atom stereocenters. The fourth-order valence-corrected chi connectivity index (χ4v) is 6.28. The summed E-state index contributed by atoms with van der Waals surface area (Å²) in [7, 11) is 0. The molecule has 6 heteroatoms. The highest BCUT2D eigenvalue weighted by Gasteiger charge is 2.84. The lowest BCUT2D eigenvalue weighted by Gasteiger charge is -2.40. The van der Waals surface area contributed by atoms with Crippen LogP contribution in [-0.4, -0.2) is 21.3 Å². The van der Waals surface area contributed by atoms with E-state index in [4.69, 9.17) is 16.3 Å². The minimum absolute atomic E-state index is 0.250. The summed E-state index contributed by atoms with van der Waals surface area (Å²) in [6, 6.07) is 19.5. The van der Waals surface area contributed by atoms with E-state index in [0.717, 1.165) is 28.4 Å². The van der Waals surface area contributed by atoms with Crippen LogP contribution in [-0.2, 0) is 11.2 Å². The number of aromatic nitrogens is 1. The highest BCUT2D eigenvalue weighted by Crippen LogP contribution is 2.78. The van der Waals surface area contributed by atoms with Gasteiger partial charge in [-0.25, -0.2) is 0 Å². The van der Waals surface area contributed by atoms with Gasteiger partial charge in [-0.2, -0.15) is 0 Å². The molecule has 4 unspecified atom stereocenters. The van der Waals surface area contributed by atoms with Crippen molar-refractivity contribution in [1.82, 2.24) is 4.98 Å². The van der Waals surface area contributed by atoms with Gasteiger partial charge in [0, 0.05) is 28.1 Å². The zero-order valence-electron chi connectivity index (χ0n) is 15.9. The molecular weight excluding hydrogens is 466 g/mol. The first-order chi connectivity index (χ1) is 14.4. The molecule has 1 aromatic heterocycles. The second kappa shape index (κ2) is 6.07. The third-order valence-corrected chi connectivity index (χ3v) is 7.91. The average molecular weight is 485 g/mol. The molecule has 30 heavy (non-hydrogen) atoms. The quantitative estimate of drug-likeness (QED) is 0.542. The molecule has 3 aliphatic rings. The molecule has 2 fully saturated rings. The Kier molecular flexibility index (Phi) is 3.81. The van der Waals surface area contributed by atoms with Gasteiger partial charge in [-0.3, -0.25) is 4.98 Å². The number of ether oxygens (including phenoxy) is 1. The standard InChI is InChI=1S/C24H19BrClNO3/c25-16-8-6-15(7-9-16)24-19(14-4-2-1-3-5-14)22(10-11-22)21(28)23(24,29)20-18(30-24)12-17(26)13-27-20/h1-9,12-13,19,21,28-29H,10-11H2. The van der Waals surface area contributed by atoms with E-state index in [1.165, 1.54) is 6.20 Å². The molecule has 6 rings (SSSR count). The maximum Gasteiger partial charge on any atom is 0.181 e. The summed E-state index contributed by atoms with van der Waals surface area (Å²) < 4.78 is 7.60. The molecule has 2 aromatic carbocycles. The largest absolute Gasteiger partial charge is 0.476 e. The number of pyridine rings is 1. The summed E-state index contributed by atoms with van der Waals surface area (Å²) in [6.45, 7) is 0. The van der Waals surface area contributed by atoms with Crippen LogP contribution in [0.5, 0.6) is 5.75 Å². The van der Waals surface area contributed by atoms with Gasteiger partial charge in [-0.15, -0.1) is 0 Å². The molecule has 3 aromatic rings. The number of aliphatic hydroxyl groups is 2. The van der Waals surface area contributed by atoms with Gasteiger partial charge in [-0.1, -0.05) is 70.0 Å². The molecule has 2 saturated carbocycles. The summed E-state index contributed by atoms with van der Waals surface area (Å²) in [5.41, 5.74) is -1.19. The zero-order chi connectivity index (χ0) is 20.7. The second-order valence-electron chi connectivity index (χ2n) is 8.59. The topological polar surface area (TPSA) is 62.6 Å². The predicted octanol–water partition coefficient (Wildman–Crippen LogP) is 4.91. The Bertz CT molecular complexity index is 1150. The number of rotatable bonds is 2. The van der Waals surface area contributed by atoms with Gasteiger partial charge < -0.3 is 14.9 Å². The van der Waals surface area contributed by atoms with Crippen molar-refractivity contribution in [2.75, 3.05) is 0 Å². The summed E-state index contributed by atoms with van der Waals surface area (Å²) in [6.07, 6.45) is 2.12. The molecule has 0 bridgehead atoms. The van der Waals surface area contributed by atoms with Crippen molar-refractivity contribution in [3.05, 3.63) is 93.2 Å². The van der Waals surface area contributed by atoms with Crippen LogP contribution >= 0.6 is 27.5 Å². The minimum Gasteiger partial charge on any atom is -0.476 e. The Morgan fingerprint density at radius 3 is 2.43 bits per heavy atom. The van der Waals surface area contributed by atoms with Crippen LogP contribution in [0.3, 0.4) is 0 Å². The highest BCUT2D eigenvalue weighted by atomic mass is 79.9. The molecular formula is C24H19BrClNO3. The lowest BCUT2D eigenvalue weighted by atomic mass is 9.71. The maximum atomic E-state index is 12.3. The highest BCUT2D eigenvalue weighted by molar-refractivity contribution is 9.10. The number of benzene rings is 2. The van der Waals surface area contributed by atoms with Crippen molar-refractivity contribution < 1.29 is 14.9 Å². The molecule has 152 valence electrons. The van der Waals surface area contributed by atoms with Gasteiger partial charge >= 0.3 is 0 Å². The normalized spacial score (nSPS) is 32.5. The van der Waals surface area contributed by atoms with Crippen LogP contribution in [0.25, 0.3) is 0 Å². The molecule has 0 radical (unpaired) electrons. The van der Waals surface area contributed by atoms with Gasteiger partial charge in [-0.05, 0) is 36.1 Å². The third kappa shape index (κ3) is 2.11. The second-order valence-corrected chi connectivity index (χ2v) is 9.94. The van der Waals surface area contributed by atoms with E-state index in [1.807, 2.05) is 42.5 Å². The summed E-state index contributed by atoms with van der Waals surface area (Å²) in [5, 5.41) is 24.4. The van der Waals surface area contributed by atoms with Gasteiger partial charge in [0.25, 0.3) is 0 Å². The van der Waals surface area contributed by atoms with Crippen LogP contribution in [0, 0.1) is 5.41 Å². The number of aliphatic hydroxyl groups excluding tert-OH is 1. The molecule has 2 N–H and O–H groups in total. The molecule has 0 amide bonds. The Labute approximate surface area is 187 Å². The van der Waals surface area contributed by atoms with Crippen molar-refractivity contribution in [3.8, 4) is 5.75 Å². The fourth-order valence-electron chi connectivity index (χ4n) is 5.86. The Morgan fingerprint density at radius 2 is 1.77 bits per heavy atom. The fraction of sp³-hybridized carbons (Fsp3) is 0.292. The van der Waals surface area contributed by atoms with Gasteiger partial charge in [0.1, 0.15) is 11.4 Å². The lowest BCUT2D eigenvalue weighted by Crippen LogP contribution is -2.52. The van der Waals surface area contributed by atoms with E-state index in [1.54, 1.807) is 6.07 Å². The van der Waals surface area contributed by atoms with Gasteiger partial charge in [0.2, 0.25) is 0 Å². The first kappa shape index (κ1) is 18.8. The summed E-state index contributed by atoms with van der Waals surface area (Å²) in [5.74, 6) is 0.170. The van der Waals surface area contributed by atoms with Crippen molar-refractivity contribution in [1.29, 1.82) is 0 Å². The van der Waals surface area contributed by atoms with Crippen LogP contribution in [0.15, 0.2) is 71.3 Å². The van der Waals surface area contributed by atoms with E-state index in [2.05, 4.69) is 33.0 Å². The summed E-state index contributed by atoms with van der Waals surface area (Å²) in [4.78, 5) is 4.46. The van der Waals surface area contributed by atoms with Crippen LogP contribution in [0.2, 0.25) is 5.02 Å². The molecule has 4 nitrogen and oxygen atoms in total. The molecule has 0 saturated heterocycles. The molecule has 2 aliphatic carbocycles. The predicted molar refractivity (Wildman–Crippen MR) is 116 cm³/mol. The van der Waals surface area contributed by atoms with E-state index in [0.29, 0.717) is 16.5 Å². The number of hydrogen-bond acceptors (Lipinski definition) is 4. The smallest absolute Gasteiger partial charge is 0.181 e. The van der Waals surface area contributed by atoms with Crippen molar-refractivity contribution in [2.45, 2.75) is 36.1 Å². The van der Waals surface area contributed by atoms with Crippen LogP contribution in [0.1, 0.15) is 35.6 Å². The van der Waals surface area contributed by atoms with Gasteiger partial charge in [0.15, 0.2) is 11.2 Å². The zero-order valence-corrected chi connectivity index (χ0v) is 18.3. The van der Waals surface area contributed by atoms with Crippen molar-refractivity contribution in [3.63, 3.8) is 0 Å². The lowest BCUT2D eigenvalue weighted by molar-refractivity contribution is -0.154. The number of fused-ring (bicyclic) bond motifs is 3. The van der Waals surface area contributed by atoms with Crippen LogP contribution in [0.4, 0.5) is 0 Å². The first-order valence-corrected chi connectivity index (χ1v) is 11.2. The van der Waals surface area contributed by atoms with E-state index < -0.39 is 22.7 Å². The van der Waals surface area contributed by atoms with E-state index >= 15 is 0 Å². The molecule has 1 spiro atoms. The minimum atomic E-state index is -1.70. The monoisotopic (exact) mass is 483 g/mol. The Morgan fingerprint density at radius 1 is 1.07 bits per heavy atom. The van der Waals surface area contributed by atoms with E-state index in [9.17, 15) is 10.2 Å². The Hall–Kier alpha value is -1.92.